The normalized spacial score (nSPS) is 12.2. The molecule has 2 aromatic carbocycles. The predicted molar refractivity (Wildman–Crippen MR) is 118 cm³/mol. The lowest BCUT2D eigenvalue weighted by Gasteiger charge is -2.28. The Labute approximate surface area is 183 Å². The second-order valence-corrected chi connectivity index (χ2v) is 9.01. The first-order chi connectivity index (χ1) is 12.6. The van der Waals surface area contributed by atoms with E-state index < -0.39 is 15.9 Å². The zero-order chi connectivity index (χ0) is 20.2. The monoisotopic (exact) mass is 463 g/mol. The molecule has 0 aliphatic rings. The largest absolute Gasteiger partial charge is 0.339 e. The van der Waals surface area contributed by atoms with Crippen molar-refractivity contribution in [3.63, 3.8) is 0 Å². The van der Waals surface area contributed by atoms with Crippen molar-refractivity contribution >= 4 is 75.3 Å². The lowest BCUT2D eigenvalue weighted by atomic mass is 10.1. The average molecular weight is 465 g/mol. The van der Waals surface area contributed by atoms with Crippen LogP contribution in [-0.4, -0.2) is 21.0 Å². The van der Waals surface area contributed by atoms with E-state index in [9.17, 15) is 4.79 Å². The van der Waals surface area contributed by atoms with Gasteiger partial charge in [-0.05, 0) is 61.5 Å². The number of carbonyl (C=O) groups excluding carboxylic acids is 1. The Morgan fingerprint density at radius 3 is 2.30 bits per heavy atom. The summed E-state index contributed by atoms with van der Waals surface area (Å²) in [5, 5.41) is 8.88. The molecule has 0 aromatic heterocycles. The van der Waals surface area contributed by atoms with Crippen LogP contribution in [0.4, 0.5) is 5.69 Å². The molecule has 0 spiro atoms. The number of rotatable bonds is 4. The number of halogens is 4. The first-order valence-corrected chi connectivity index (χ1v) is 9.77. The molecular formula is C18H17Cl4N3OS. The highest BCUT2D eigenvalue weighted by Crippen LogP contribution is 2.29. The molecule has 0 aliphatic heterocycles. The minimum absolute atomic E-state index is 0.189. The van der Waals surface area contributed by atoms with Crippen molar-refractivity contribution in [2.45, 2.75) is 23.8 Å². The van der Waals surface area contributed by atoms with Gasteiger partial charge in [0.1, 0.15) is 6.17 Å². The molecule has 1 amide bonds. The Bertz CT molecular complexity index is 855. The van der Waals surface area contributed by atoms with Gasteiger partial charge in [-0.15, -0.1) is 0 Å². The van der Waals surface area contributed by atoms with Crippen LogP contribution in [0, 0.1) is 13.8 Å². The van der Waals surface area contributed by atoms with Crippen LogP contribution in [0.5, 0.6) is 0 Å². The molecule has 0 heterocycles. The van der Waals surface area contributed by atoms with Gasteiger partial charge in [0, 0.05) is 5.69 Å². The molecule has 1 unspecified atom stereocenters. The smallest absolute Gasteiger partial charge is 0.254 e. The summed E-state index contributed by atoms with van der Waals surface area (Å²) in [7, 11) is 0. The van der Waals surface area contributed by atoms with Gasteiger partial charge >= 0.3 is 0 Å². The molecule has 0 bridgehead atoms. The van der Waals surface area contributed by atoms with Crippen LogP contribution in [0.1, 0.15) is 21.5 Å². The zero-order valence-electron chi connectivity index (χ0n) is 14.4. The number of hydrogen-bond donors (Lipinski definition) is 3. The summed E-state index contributed by atoms with van der Waals surface area (Å²) < 4.78 is -1.86. The van der Waals surface area contributed by atoms with Gasteiger partial charge < -0.3 is 16.0 Å². The van der Waals surface area contributed by atoms with E-state index in [2.05, 4.69) is 16.0 Å². The van der Waals surface area contributed by atoms with Gasteiger partial charge in [0.05, 0.1) is 10.6 Å². The van der Waals surface area contributed by atoms with Gasteiger partial charge in [-0.1, -0.05) is 64.6 Å². The number of hydrogen-bond acceptors (Lipinski definition) is 2. The minimum Gasteiger partial charge on any atom is -0.339 e. The third-order valence-corrected chi connectivity index (χ3v) is 4.97. The number of amides is 1. The predicted octanol–water partition coefficient (Wildman–Crippen LogP) is 5.37. The van der Waals surface area contributed by atoms with Crippen molar-refractivity contribution < 1.29 is 4.79 Å². The highest BCUT2D eigenvalue weighted by Gasteiger charge is 2.35. The van der Waals surface area contributed by atoms with Crippen molar-refractivity contribution in [1.82, 2.24) is 10.6 Å². The Morgan fingerprint density at radius 2 is 1.70 bits per heavy atom. The number of alkyl halides is 3. The van der Waals surface area contributed by atoms with E-state index in [1.165, 1.54) is 0 Å². The number of benzene rings is 2. The van der Waals surface area contributed by atoms with E-state index in [0.29, 0.717) is 0 Å². The van der Waals surface area contributed by atoms with Crippen LogP contribution < -0.4 is 16.0 Å². The third kappa shape index (κ3) is 6.40. The van der Waals surface area contributed by atoms with Crippen LogP contribution in [-0.2, 0) is 0 Å². The van der Waals surface area contributed by atoms with Crippen LogP contribution in [0.15, 0.2) is 42.5 Å². The summed E-state index contributed by atoms with van der Waals surface area (Å²) in [6.07, 6.45) is -1.09. The van der Waals surface area contributed by atoms with Crippen LogP contribution in [0.3, 0.4) is 0 Å². The van der Waals surface area contributed by atoms with Crippen molar-refractivity contribution in [2.75, 3.05) is 5.32 Å². The van der Waals surface area contributed by atoms with Gasteiger partial charge in [0.15, 0.2) is 5.11 Å². The van der Waals surface area contributed by atoms with Gasteiger partial charge in [0.25, 0.3) is 5.91 Å². The van der Waals surface area contributed by atoms with Crippen molar-refractivity contribution in [1.29, 1.82) is 0 Å². The average Bonchev–Trinajstić information content (AvgIpc) is 2.57. The Morgan fingerprint density at radius 1 is 1.04 bits per heavy atom. The Balaban J connectivity index is 2.10. The fraction of sp³-hybridized carbons (Fsp3) is 0.222. The SMILES string of the molecule is Cc1ccc(NC(=S)NC(NC(=O)c2ccccc2Cl)C(Cl)(Cl)Cl)cc1C. The maximum absolute atomic E-state index is 12.5. The molecule has 0 saturated carbocycles. The summed E-state index contributed by atoms with van der Waals surface area (Å²) in [5.41, 5.74) is 3.29. The molecule has 0 radical (unpaired) electrons. The third-order valence-electron chi connectivity index (χ3n) is 3.76. The summed E-state index contributed by atoms with van der Waals surface area (Å²) >= 11 is 29.3. The molecule has 4 nitrogen and oxygen atoms in total. The standard InChI is InChI=1S/C18H17Cl4N3OS/c1-10-7-8-12(9-11(10)2)23-17(27)25-16(18(20,21)22)24-15(26)13-5-3-4-6-14(13)19/h3-9,16H,1-2H3,(H,24,26)(H2,23,25,27). The molecule has 3 N–H and O–H groups in total. The molecular weight excluding hydrogens is 448 g/mol. The summed E-state index contributed by atoms with van der Waals surface area (Å²) in [5.74, 6) is -0.501. The molecule has 2 rings (SSSR count). The number of carbonyl (C=O) groups is 1. The molecule has 0 fully saturated rings. The van der Waals surface area contributed by atoms with Gasteiger partial charge in [-0.2, -0.15) is 0 Å². The maximum atomic E-state index is 12.5. The van der Waals surface area contributed by atoms with Crippen LogP contribution >= 0.6 is 58.6 Å². The van der Waals surface area contributed by atoms with Crippen molar-refractivity contribution in [3.8, 4) is 0 Å². The van der Waals surface area contributed by atoms with Crippen LogP contribution in [0.25, 0.3) is 0 Å². The molecule has 0 aliphatic carbocycles. The highest BCUT2D eigenvalue weighted by molar-refractivity contribution is 7.80. The molecule has 144 valence electrons. The first kappa shape index (κ1) is 22.1. The van der Waals surface area contributed by atoms with E-state index in [0.717, 1.165) is 16.8 Å². The molecule has 9 heteroatoms. The fourth-order valence-electron chi connectivity index (χ4n) is 2.17. The Kier molecular flexibility index (Phi) is 7.60. The highest BCUT2D eigenvalue weighted by atomic mass is 35.6. The zero-order valence-corrected chi connectivity index (χ0v) is 18.3. The van der Waals surface area contributed by atoms with E-state index >= 15 is 0 Å². The fourth-order valence-corrected chi connectivity index (χ4v) is 2.96. The van der Waals surface area contributed by atoms with E-state index in [1.807, 2.05) is 32.0 Å². The molecule has 27 heavy (non-hydrogen) atoms. The second kappa shape index (κ2) is 9.30. The minimum atomic E-state index is -1.86. The van der Waals surface area contributed by atoms with Crippen molar-refractivity contribution in [2.24, 2.45) is 0 Å². The number of nitrogens with one attached hydrogen (secondary N) is 3. The van der Waals surface area contributed by atoms with Crippen molar-refractivity contribution in [3.05, 3.63) is 64.2 Å². The Hall–Kier alpha value is -1.24. The topological polar surface area (TPSA) is 53.2 Å². The van der Waals surface area contributed by atoms with Crippen LogP contribution in [0.2, 0.25) is 5.02 Å². The number of aryl methyl sites for hydroxylation is 2. The summed E-state index contributed by atoms with van der Waals surface area (Å²) in [6.45, 7) is 4.00. The quantitative estimate of drug-likeness (QED) is 0.323. The molecule has 2 aromatic rings. The lowest BCUT2D eigenvalue weighted by Crippen LogP contribution is -2.56. The number of thiocarbonyl (C=S) groups is 1. The number of anilines is 1. The summed E-state index contributed by atoms with van der Waals surface area (Å²) in [4.78, 5) is 12.5. The van der Waals surface area contributed by atoms with E-state index in [4.69, 9.17) is 58.6 Å². The summed E-state index contributed by atoms with van der Waals surface area (Å²) in [6, 6.07) is 12.3. The van der Waals surface area contributed by atoms with E-state index in [1.54, 1.807) is 24.3 Å². The lowest BCUT2D eigenvalue weighted by molar-refractivity contribution is 0.0934. The van der Waals surface area contributed by atoms with Gasteiger partial charge in [-0.25, -0.2) is 0 Å². The van der Waals surface area contributed by atoms with Gasteiger partial charge in [-0.3, -0.25) is 4.79 Å². The van der Waals surface area contributed by atoms with E-state index in [-0.39, 0.29) is 15.7 Å². The van der Waals surface area contributed by atoms with Gasteiger partial charge in [0.2, 0.25) is 3.79 Å². The molecule has 0 saturated heterocycles. The molecule has 1 atom stereocenters. The maximum Gasteiger partial charge on any atom is 0.254 e. The second-order valence-electron chi connectivity index (χ2n) is 5.83. The first-order valence-electron chi connectivity index (χ1n) is 7.85.